The van der Waals surface area contributed by atoms with Gasteiger partial charge in [0.2, 0.25) is 5.89 Å². The maximum Gasteiger partial charge on any atom is 0.262 e. The van der Waals surface area contributed by atoms with Gasteiger partial charge in [0.1, 0.15) is 11.3 Å². The highest BCUT2D eigenvalue weighted by Gasteiger charge is 2.14. The molecule has 0 saturated carbocycles. The second-order valence-corrected chi connectivity index (χ2v) is 7.24. The summed E-state index contributed by atoms with van der Waals surface area (Å²) >= 11 is 6.34. The zero-order valence-corrected chi connectivity index (χ0v) is 16.8. The number of amides is 1. The van der Waals surface area contributed by atoms with Gasteiger partial charge in [0, 0.05) is 5.69 Å². The van der Waals surface area contributed by atoms with Crippen molar-refractivity contribution in [1.82, 2.24) is 4.98 Å². The van der Waals surface area contributed by atoms with Crippen molar-refractivity contribution in [3.63, 3.8) is 0 Å². The molecule has 0 aliphatic rings. The molecule has 4 rings (SSSR count). The van der Waals surface area contributed by atoms with Gasteiger partial charge in [0.25, 0.3) is 5.91 Å². The summed E-state index contributed by atoms with van der Waals surface area (Å²) in [7, 11) is 0. The number of nitrogens with one attached hydrogen (secondary N) is 1. The number of fused-ring (bicyclic) bond motifs is 1. The Bertz CT molecular complexity index is 1180. The van der Waals surface area contributed by atoms with E-state index in [0.717, 1.165) is 16.6 Å². The van der Waals surface area contributed by atoms with Gasteiger partial charge >= 0.3 is 0 Å². The lowest BCUT2D eigenvalue weighted by Crippen LogP contribution is -2.20. The van der Waals surface area contributed by atoms with Crippen LogP contribution in [0.25, 0.3) is 22.6 Å². The molecule has 4 aromatic rings. The molecule has 0 aliphatic heterocycles. The third-order valence-corrected chi connectivity index (χ3v) is 4.74. The summed E-state index contributed by atoms with van der Waals surface area (Å²) in [5.74, 6) is 0.777. The number of aryl methyl sites for hydroxylation is 2. The summed E-state index contributed by atoms with van der Waals surface area (Å²) in [6.07, 6.45) is 0. The molecule has 0 unspecified atom stereocenters. The number of anilines is 1. The average molecular weight is 407 g/mol. The van der Waals surface area contributed by atoms with Crippen molar-refractivity contribution in [1.29, 1.82) is 0 Å². The summed E-state index contributed by atoms with van der Waals surface area (Å²) in [5, 5.41) is 3.30. The number of halogens is 1. The smallest absolute Gasteiger partial charge is 0.262 e. The van der Waals surface area contributed by atoms with E-state index < -0.39 is 0 Å². The third kappa shape index (κ3) is 4.41. The number of hydrogen-bond donors (Lipinski definition) is 1. The average Bonchev–Trinajstić information content (AvgIpc) is 3.12. The molecule has 0 fully saturated rings. The topological polar surface area (TPSA) is 64.4 Å². The first-order chi connectivity index (χ1) is 14.0. The fourth-order valence-electron chi connectivity index (χ4n) is 2.90. The number of ether oxygens (including phenoxy) is 1. The molecule has 1 heterocycles. The molecule has 1 amide bonds. The molecule has 0 bridgehead atoms. The molecule has 146 valence electrons. The first kappa shape index (κ1) is 19.0. The van der Waals surface area contributed by atoms with Gasteiger partial charge in [0.05, 0.1) is 10.6 Å². The molecular formula is C23H19ClN2O3. The number of rotatable bonds is 5. The minimum atomic E-state index is -0.271. The number of benzene rings is 3. The minimum absolute atomic E-state index is 0.0941. The third-order valence-electron chi connectivity index (χ3n) is 4.41. The summed E-state index contributed by atoms with van der Waals surface area (Å²) in [5.41, 5.74) is 4.86. The molecule has 0 radical (unpaired) electrons. The predicted molar refractivity (Wildman–Crippen MR) is 114 cm³/mol. The van der Waals surface area contributed by atoms with Crippen molar-refractivity contribution in [2.24, 2.45) is 0 Å². The minimum Gasteiger partial charge on any atom is -0.484 e. The Morgan fingerprint density at radius 3 is 2.59 bits per heavy atom. The fraction of sp³-hybridized carbons (Fsp3) is 0.130. The quantitative estimate of drug-likeness (QED) is 0.456. The van der Waals surface area contributed by atoms with E-state index in [4.69, 9.17) is 20.8 Å². The summed E-state index contributed by atoms with van der Waals surface area (Å²) in [6, 6.07) is 18.5. The lowest BCUT2D eigenvalue weighted by atomic mass is 10.2. The van der Waals surface area contributed by atoms with Crippen molar-refractivity contribution in [2.45, 2.75) is 13.8 Å². The van der Waals surface area contributed by atoms with Crippen LogP contribution in [-0.4, -0.2) is 17.5 Å². The Labute approximate surface area is 173 Å². The molecule has 0 atom stereocenters. The highest BCUT2D eigenvalue weighted by Crippen LogP contribution is 2.32. The van der Waals surface area contributed by atoms with Crippen LogP contribution in [0.15, 0.2) is 65.1 Å². The Hall–Kier alpha value is -3.31. The maximum absolute atomic E-state index is 12.3. The molecule has 0 aliphatic carbocycles. The normalized spacial score (nSPS) is 10.9. The Morgan fingerprint density at radius 2 is 1.79 bits per heavy atom. The van der Waals surface area contributed by atoms with E-state index in [2.05, 4.69) is 10.3 Å². The van der Waals surface area contributed by atoms with Crippen LogP contribution < -0.4 is 10.1 Å². The van der Waals surface area contributed by atoms with Crippen molar-refractivity contribution in [3.8, 4) is 17.2 Å². The molecule has 0 saturated heterocycles. The van der Waals surface area contributed by atoms with Gasteiger partial charge in [-0.05, 0) is 61.9 Å². The van der Waals surface area contributed by atoms with Crippen LogP contribution in [0, 0.1) is 13.8 Å². The first-order valence-corrected chi connectivity index (χ1v) is 9.52. The van der Waals surface area contributed by atoms with Crippen LogP contribution >= 0.6 is 11.6 Å². The Morgan fingerprint density at radius 1 is 1.03 bits per heavy atom. The van der Waals surface area contributed by atoms with Crippen LogP contribution in [0.2, 0.25) is 5.02 Å². The molecule has 29 heavy (non-hydrogen) atoms. The van der Waals surface area contributed by atoms with Crippen molar-refractivity contribution in [2.75, 3.05) is 11.9 Å². The summed E-state index contributed by atoms with van der Waals surface area (Å²) in [6.45, 7) is 3.89. The maximum atomic E-state index is 12.3. The summed E-state index contributed by atoms with van der Waals surface area (Å²) in [4.78, 5) is 16.8. The van der Waals surface area contributed by atoms with E-state index in [1.54, 1.807) is 18.2 Å². The molecular weight excluding hydrogens is 388 g/mol. The van der Waals surface area contributed by atoms with Crippen molar-refractivity contribution < 1.29 is 13.9 Å². The lowest BCUT2D eigenvalue weighted by Gasteiger charge is -2.09. The second kappa shape index (κ2) is 7.97. The van der Waals surface area contributed by atoms with E-state index in [-0.39, 0.29) is 12.5 Å². The Kier molecular flexibility index (Phi) is 5.23. The second-order valence-electron chi connectivity index (χ2n) is 6.83. The van der Waals surface area contributed by atoms with Gasteiger partial charge in [-0.1, -0.05) is 35.4 Å². The predicted octanol–water partition coefficient (Wildman–Crippen LogP) is 5.78. The van der Waals surface area contributed by atoms with Crippen molar-refractivity contribution >= 4 is 34.3 Å². The first-order valence-electron chi connectivity index (χ1n) is 9.14. The van der Waals surface area contributed by atoms with Gasteiger partial charge in [-0.25, -0.2) is 4.98 Å². The van der Waals surface area contributed by atoms with Crippen LogP contribution in [0.3, 0.4) is 0 Å². The number of carbonyl (C=O) groups is 1. The van der Waals surface area contributed by atoms with Gasteiger partial charge < -0.3 is 14.5 Å². The highest BCUT2D eigenvalue weighted by molar-refractivity contribution is 6.33. The van der Waals surface area contributed by atoms with Crippen LogP contribution in [0.4, 0.5) is 5.69 Å². The number of oxazole rings is 1. The molecule has 3 aromatic carbocycles. The SMILES string of the molecule is Cc1ccc(OCC(=O)Nc2ccc(Cl)c(-c3nc4cc(C)ccc4o3)c2)cc1. The molecule has 0 spiro atoms. The van der Waals surface area contributed by atoms with Gasteiger partial charge in [0.15, 0.2) is 12.2 Å². The molecule has 1 aromatic heterocycles. The van der Waals surface area contributed by atoms with Gasteiger partial charge in [-0.3, -0.25) is 4.79 Å². The molecule has 6 heteroatoms. The Balaban J connectivity index is 1.50. The van der Waals surface area contributed by atoms with E-state index in [1.807, 2.05) is 56.3 Å². The van der Waals surface area contributed by atoms with E-state index in [1.165, 1.54) is 0 Å². The lowest BCUT2D eigenvalue weighted by molar-refractivity contribution is -0.118. The number of nitrogens with zero attached hydrogens (tertiary/aromatic N) is 1. The van der Waals surface area contributed by atoms with Crippen LogP contribution in [0.1, 0.15) is 11.1 Å². The van der Waals surface area contributed by atoms with E-state index in [9.17, 15) is 4.79 Å². The monoisotopic (exact) mass is 406 g/mol. The van der Waals surface area contributed by atoms with Crippen LogP contribution in [0.5, 0.6) is 5.75 Å². The van der Waals surface area contributed by atoms with Gasteiger partial charge in [-0.2, -0.15) is 0 Å². The van der Waals surface area contributed by atoms with Gasteiger partial charge in [-0.15, -0.1) is 0 Å². The van der Waals surface area contributed by atoms with E-state index >= 15 is 0 Å². The van der Waals surface area contributed by atoms with Crippen molar-refractivity contribution in [3.05, 3.63) is 76.8 Å². The standard InChI is InChI=1S/C23H19ClN2O3/c1-14-3-7-17(8-4-14)28-13-22(27)25-16-6-9-19(24)18(12-16)23-26-20-11-15(2)5-10-21(20)29-23/h3-12H,13H2,1-2H3,(H,25,27). The fourth-order valence-corrected chi connectivity index (χ4v) is 3.10. The van der Waals surface area contributed by atoms with E-state index in [0.29, 0.717) is 33.5 Å². The zero-order chi connectivity index (χ0) is 20.4. The highest BCUT2D eigenvalue weighted by atomic mass is 35.5. The number of hydrogen-bond acceptors (Lipinski definition) is 4. The zero-order valence-electron chi connectivity index (χ0n) is 16.0. The largest absolute Gasteiger partial charge is 0.484 e. The number of carbonyl (C=O) groups excluding carboxylic acids is 1. The van der Waals surface area contributed by atoms with Crippen LogP contribution in [-0.2, 0) is 4.79 Å². The molecule has 5 nitrogen and oxygen atoms in total. The number of aromatic nitrogens is 1. The molecule has 1 N–H and O–H groups in total. The summed E-state index contributed by atoms with van der Waals surface area (Å²) < 4.78 is 11.3.